The molecule has 0 saturated carbocycles. The highest BCUT2D eigenvalue weighted by Crippen LogP contribution is 2.14. The molecule has 0 aliphatic carbocycles. The monoisotopic (exact) mass is 629 g/mol. The second kappa shape index (κ2) is 38.0. The van der Waals surface area contributed by atoms with Crippen molar-refractivity contribution in [1.29, 1.82) is 0 Å². The predicted molar refractivity (Wildman–Crippen MR) is 186 cm³/mol. The fourth-order valence-corrected chi connectivity index (χ4v) is 5.21. The average molecular weight is 629 g/mol. The number of hydrogen-bond acceptors (Lipinski definition) is 6. The smallest absolute Gasteiger partial charge is 0.306 e. The first-order valence-corrected chi connectivity index (χ1v) is 19.0. The van der Waals surface area contributed by atoms with E-state index >= 15 is 0 Å². The van der Waals surface area contributed by atoms with Crippen molar-refractivity contribution in [2.24, 2.45) is 0 Å². The van der Waals surface area contributed by atoms with Crippen LogP contribution in [0.4, 0.5) is 0 Å². The van der Waals surface area contributed by atoms with Gasteiger partial charge in [0.1, 0.15) is 12.7 Å². The minimum absolute atomic E-state index is 0.0280. The summed E-state index contributed by atoms with van der Waals surface area (Å²) in [4.78, 5) is 22.7. The molecule has 6 heteroatoms. The molecule has 6 nitrogen and oxygen atoms in total. The summed E-state index contributed by atoms with van der Waals surface area (Å²) in [6.07, 6.45) is 34.1. The molecule has 0 fully saturated rings. The number of carbonyl (C=O) groups is 2. The summed E-state index contributed by atoms with van der Waals surface area (Å²) in [6, 6.07) is 0. The van der Waals surface area contributed by atoms with E-state index < -0.39 is 6.10 Å². The van der Waals surface area contributed by atoms with E-state index in [-0.39, 0.29) is 31.3 Å². The normalized spacial score (nSPS) is 11.7. The van der Waals surface area contributed by atoms with Crippen LogP contribution in [-0.2, 0) is 19.1 Å². The molecule has 0 aromatic carbocycles. The fourth-order valence-electron chi connectivity index (χ4n) is 5.21. The molecule has 0 amide bonds. The van der Waals surface area contributed by atoms with Gasteiger partial charge in [0.2, 0.25) is 0 Å². The lowest BCUT2D eigenvalue weighted by Gasteiger charge is -2.08. The summed E-state index contributed by atoms with van der Waals surface area (Å²) in [7, 11) is 0. The van der Waals surface area contributed by atoms with E-state index in [0.717, 1.165) is 19.3 Å². The van der Waals surface area contributed by atoms with Crippen LogP contribution in [0.1, 0.15) is 207 Å². The zero-order valence-electron chi connectivity index (χ0n) is 29.9. The van der Waals surface area contributed by atoms with Gasteiger partial charge in [0.05, 0.1) is 12.7 Å². The number of unbranched alkanes of at least 4 members (excludes halogenated alkanes) is 24. The Balaban J connectivity index is 0. The molecule has 0 bridgehead atoms. The van der Waals surface area contributed by atoms with Crippen LogP contribution in [0.15, 0.2) is 0 Å². The molecule has 2 N–H and O–H groups in total. The number of carbonyl (C=O) groups excluding carboxylic acids is 2. The molecule has 0 radical (unpaired) electrons. The van der Waals surface area contributed by atoms with Crippen molar-refractivity contribution < 1.29 is 29.3 Å². The summed E-state index contributed by atoms with van der Waals surface area (Å²) in [5.41, 5.74) is 0. The molecular formula is C38H76O6. The standard InChI is InChI=1S/C21H42O4.C17H34O2/c1-2-3-4-5-6-7-8-9-10-11-12-13-14-15-16-17-21(24)25-19-20(23)18-22;1-4-5-6-7-8-9-10-11-12-13-14-15-17(18)19-16(2)3/h20,22-23H,2-19H2,1H3;16H,4-15H2,1-3H3. The molecule has 0 heterocycles. The second-order valence-electron chi connectivity index (χ2n) is 13.0. The second-order valence-corrected chi connectivity index (χ2v) is 13.0. The Labute approximate surface area is 273 Å². The zero-order chi connectivity index (χ0) is 32.9. The lowest BCUT2D eigenvalue weighted by molar-refractivity contribution is -0.148. The van der Waals surface area contributed by atoms with Gasteiger partial charge in [0.15, 0.2) is 0 Å². The topological polar surface area (TPSA) is 93.1 Å². The summed E-state index contributed by atoms with van der Waals surface area (Å²) in [6.45, 7) is 7.86. The van der Waals surface area contributed by atoms with Crippen molar-refractivity contribution in [3.05, 3.63) is 0 Å². The number of aliphatic hydroxyl groups is 2. The third kappa shape index (κ3) is 40.9. The van der Waals surface area contributed by atoms with Crippen molar-refractivity contribution >= 4 is 11.9 Å². The van der Waals surface area contributed by atoms with Crippen LogP contribution in [0, 0.1) is 0 Å². The molecule has 0 saturated heterocycles. The highest BCUT2D eigenvalue weighted by molar-refractivity contribution is 5.69. The minimum atomic E-state index is -0.954. The lowest BCUT2D eigenvalue weighted by Crippen LogP contribution is -2.21. The molecule has 0 aliphatic heterocycles. The molecule has 1 unspecified atom stereocenters. The minimum Gasteiger partial charge on any atom is -0.463 e. The van der Waals surface area contributed by atoms with Gasteiger partial charge >= 0.3 is 11.9 Å². The predicted octanol–water partition coefficient (Wildman–Crippen LogP) is 10.8. The van der Waals surface area contributed by atoms with Crippen LogP contribution >= 0.6 is 0 Å². The quantitative estimate of drug-likeness (QED) is 0.0568. The van der Waals surface area contributed by atoms with E-state index in [1.807, 2.05) is 13.8 Å². The molecule has 0 aliphatic rings. The number of hydrogen-bond donors (Lipinski definition) is 2. The Bertz CT molecular complexity index is 580. The highest BCUT2D eigenvalue weighted by Gasteiger charge is 2.07. The third-order valence-corrected chi connectivity index (χ3v) is 7.98. The molecule has 44 heavy (non-hydrogen) atoms. The zero-order valence-corrected chi connectivity index (χ0v) is 29.9. The summed E-state index contributed by atoms with van der Waals surface area (Å²) in [5, 5.41) is 17.7. The number of rotatable bonds is 32. The first-order chi connectivity index (χ1) is 21.4. The molecule has 0 aromatic heterocycles. The van der Waals surface area contributed by atoms with E-state index in [1.54, 1.807) is 0 Å². The Kier molecular flexibility index (Phi) is 38.9. The van der Waals surface area contributed by atoms with Gasteiger partial charge in [-0.25, -0.2) is 0 Å². The van der Waals surface area contributed by atoms with Crippen LogP contribution in [0.2, 0.25) is 0 Å². The molecular weight excluding hydrogens is 552 g/mol. The summed E-state index contributed by atoms with van der Waals surface area (Å²) in [5.74, 6) is -0.312. The average Bonchev–Trinajstić information content (AvgIpc) is 3.00. The van der Waals surface area contributed by atoms with Gasteiger partial charge < -0.3 is 19.7 Å². The maximum absolute atomic E-state index is 11.4. The van der Waals surface area contributed by atoms with Crippen LogP contribution in [0.5, 0.6) is 0 Å². The Morgan fingerprint density at radius 3 is 1.09 bits per heavy atom. The van der Waals surface area contributed by atoms with Crippen molar-refractivity contribution in [2.75, 3.05) is 13.2 Å². The van der Waals surface area contributed by atoms with Gasteiger partial charge in [-0.1, -0.05) is 168 Å². The van der Waals surface area contributed by atoms with Gasteiger partial charge in [0, 0.05) is 12.8 Å². The van der Waals surface area contributed by atoms with Gasteiger partial charge in [-0.2, -0.15) is 0 Å². The number of esters is 2. The van der Waals surface area contributed by atoms with Crippen molar-refractivity contribution in [3.8, 4) is 0 Å². The maximum Gasteiger partial charge on any atom is 0.306 e. The van der Waals surface area contributed by atoms with Crippen molar-refractivity contribution in [2.45, 2.75) is 220 Å². The SMILES string of the molecule is CCCCCCCCCCCCCC(=O)OC(C)C.CCCCCCCCCCCCCCCCCC(=O)OCC(O)CO. The third-order valence-electron chi connectivity index (χ3n) is 7.98. The lowest BCUT2D eigenvalue weighted by atomic mass is 10.0. The van der Waals surface area contributed by atoms with Gasteiger partial charge in [-0.3, -0.25) is 9.59 Å². The van der Waals surface area contributed by atoms with Crippen LogP contribution in [-0.4, -0.2) is 47.6 Å². The Morgan fingerprint density at radius 2 is 0.795 bits per heavy atom. The molecule has 0 rings (SSSR count). The van der Waals surface area contributed by atoms with E-state index in [1.165, 1.54) is 148 Å². The van der Waals surface area contributed by atoms with Gasteiger partial charge in [-0.15, -0.1) is 0 Å². The summed E-state index contributed by atoms with van der Waals surface area (Å²) < 4.78 is 9.97. The number of ether oxygens (including phenoxy) is 2. The largest absolute Gasteiger partial charge is 0.463 e. The summed E-state index contributed by atoms with van der Waals surface area (Å²) >= 11 is 0. The van der Waals surface area contributed by atoms with Crippen molar-refractivity contribution in [1.82, 2.24) is 0 Å². The van der Waals surface area contributed by atoms with Gasteiger partial charge in [0.25, 0.3) is 0 Å². The van der Waals surface area contributed by atoms with Crippen molar-refractivity contribution in [3.63, 3.8) is 0 Å². The Hall–Kier alpha value is -1.14. The van der Waals surface area contributed by atoms with Crippen LogP contribution in [0.25, 0.3) is 0 Å². The molecule has 0 aromatic rings. The number of aliphatic hydroxyl groups excluding tert-OH is 2. The fraction of sp³-hybridized carbons (Fsp3) is 0.947. The first kappa shape index (κ1) is 45.0. The first-order valence-electron chi connectivity index (χ1n) is 19.0. The van der Waals surface area contributed by atoms with E-state index in [2.05, 4.69) is 13.8 Å². The van der Waals surface area contributed by atoms with E-state index in [0.29, 0.717) is 12.8 Å². The molecule has 1 atom stereocenters. The van der Waals surface area contributed by atoms with Crippen LogP contribution < -0.4 is 0 Å². The van der Waals surface area contributed by atoms with Crippen LogP contribution in [0.3, 0.4) is 0 Å². The highest BCUT2D eigenvalue weighted by atomic mass is 16.5. The van der Waals surface area contributed by atoms with E-state index in [4.69, 9.17) is 19.7 Å². The maximum atomic E-state index is 11.4. The molecule has 0 spiro atoms. The van der Waals surface area contributed by atoms with E-state index in [9.17, 15) is 9.59 Å². The van der Waals surface area contributed by atoms with Gasteiger partial charge in [-0.05, 0) is 26.7 Å². The molecule has 264 valence electrons. The Morgan fingerprint density at radius 1 is 0.500 bits per heavy atom.